The maximum Gasteiger partial charge on any atom is 0.260 e. The lowest BCUT2D eigenvalue weighted by atomic mass is 10.2. The van der Waals surface area contributed by atoms with E-state index in [1.54, 1.807) is 23.3 Å². The van der Waals surface area contributed by atoms with Gasteiger partial charge in [0, 0.05) is 18.1 Å². The Kier molecular flexibility index (Phi) is 3.65. The van der Waals surface area contributed by atoms with Gasteiger partial charge < -0.3 is 5.32 Å². The largest absolute Gasteiger partial charge is 0.306 e. The summed E-state index contributed by atoms with van der Waals surface area (Å²) in [6.07, 6.45) is 6.55. The monoisotopic (exact) mass is 293 g/mol. The molecule has 22 heavy (non-hydrogen) atoms. The summed E-state index contributed by atoms with van der Waals surface area (Å²) in [6.45, 7) is 3.86. The fraction of sp³-hybridized carbons (Fsp3) is 0.125. The van der Waals surface area contributed by atoms with Crippen molar-refractivity contribution in [1.29, 1.82) is 0 Å². The first-order valence-electron chi connectivity index (χ1n) is 6.83. The van der Waals surface area contributed by atoms with Gasteiger partial charge in [0.1, 0.15) is 5.82 Å². The van der Waals surface area contributed by atoms with Crippen molar-refractivity contribution in [2.45, 2.75) is 13.8 Å². The van der Waals surface area contributed by atoms with E-state index >= 15 is 0 Å². The van der Waals surface area contributed by atoms with Crippen molar-refractivity contribution in [3.63, 3.8) is 0 Å². The molecule has 0 aromatic carbocycles. The summed E-state index contributed by atoms with van der Waals surface area (Å²) in [7, 11) is 0. The molecular weight excluding hydrogens is 278 g/mol. The molecule has 3 rings (SSSR count). The van der Waals surface area contributed by atoms with Crippen molar-refractivity contribution in [3.05, 3.63) is 65.9 Å². The fourth-order valence-electron chi connectivity index (χ4n) is 2.16. The summed E-state index contributed by atoms with van der Waals surface area (Å²) < 4.78 is 1.61. The molecule has 0 bridgehead atoms. The highest BCUT2D eigenvalue weighted by molar-refractivity contribution is 6.03. The smallest absolute Gasteiger partial charge is 0.260 e. The summed E-state index contributed by atoms with van der Waals surface area (Å²) in [6, 6.07) is 7.47. The van der Waals surface area contributed by atoms with Crippen molar-refractivity contribution in [1.82, 2.24) is 19.7 Å². The number of nitrogens with zero attached hydrogens (tertiary/aromatic N) is 4. The molecule has 6 nitrogen and oxygen atoms in total. The lowest BCUT2D eigenvalue weighted by Gasteiger charge is -2.05. The molecule has 3 heterocycles. The average molecular weight is 293 g/mol. The predicted molar refractivity (Wildman–Crippen MR) is 83.0 cm³/mol. The van der Waals surface area contributed by atoms with Crippen molar-refractivity contribution in [3.8, 4) is 5.69 Å². The van der Waals surface area contributed by atoms with E-state index in [-0.39, 0.29) is 5.91 Å². The van der Waals surface area contributed by atoms with Gasteiger partial charge in [-0.05, 0) is 43.7 Å². The highest BCUT2D eigenvalue weighted by Crippen LogP contribution is 2.12. The van der Waals surface area contributed by atoms with Crippen molar-refractivity contribution >= 4 is 11.7 Å². The van der Waals surface area contributed by atoms with Gasteiger partial charge in [0.15, 0.2) is 0 Å². The molecule has 6 heteroatoms. The van der Waals surface area contributed by atoms with Gasteiger partial charge >= 0.3 is 0 Å². The number of rotatable bonds is 3. The number of anilines is 1. The minimum absolute atomic E-state index is 0.243. The first-order chi connectivity index (χ1) is 10.6. The Hall–Kier alpha value is -3.02. The molecule has 0 fully saturated rings. The van der Waals surface area contributed by atoms with Crippen LogP contribution in [0.5, 0.6) is 0 Å². The van der Waals surface area contributed by atoms with Gasteiger partial charge in [0.25, 0.3) is 5.91 Å². The molecule has 0 aliphatic heterocycles. The van der Waals surface area contributed by atoms with Crippen LogP contribution in [0.15, 0.2) is 49.1 Å². The predicted octanol–water partition coefficient (Wildman–Crippen LogP) is 2.53. The second kappa shape index (κ2) is 5.77. The van der Waals surface area contributed by atoms with Gasteiger partial charge in [-0.3, -0.25) is 9.78 Å². The third-order valence-corrected chi connectivity index (χ3v) is 3.09. The molecule has 0 unspecified atom stereocenters. The molecule has 0 aliphatic rings. The number of aryl methyl sites for hydroxylation is 2. The maximum atomic E-state index is 12.3. The van der Waals surface area contributed by atoms with E-state index in [9.17, 15) is 4.79 Å². The molecule has 0 saturated carbocycles. The Morgan fingerprint density at radius 2 is 2.09 bits per heavy atom. The summed E-state index contributed by atoms with van der Waals surface area (Å²) in [4.78, 5) is 20.6. The zero-order valence-electron chi connectivity index (χ0n) is 12.3. The Labute approximate surface area is 127 Å². The number of hydrogen-bond donors (Lipinski definition) is 1. The van der Waals surface area contributed by atoms with Crippen LogP contribution in [0, 0.1) is 13.8 Å². The first-order valence-corrected chi connectivity index (χ1v) is 6.83. The zero-order valence-corrected chi connectivity index (χ0v) is 12.3. The van der Waals surface area contributed by atoms with Crippen LogP contribution in [0.4, 0.5) is 5.82 Å². The minimum atomic E-state index is -0.243. The summed E-state index contributed by atoms with van der Waals surface area (Å²) in [5, 5.41) is 6.97. The van der Waals surface area contributed by atoms with Crippen LogP contribution in [0.25, 0.3) is 5.69 Å². The molecule has 3 aromatic rings. The number of carbonyl (C=O) groups excluding carboxylic acids is 1. The van der Waals surface area contributed by atoms with E-state index in [4.69, 9.17) is 0 Å². The molecule has 0 atom stereocenters. The van der Waals surface area contributed by atoms with Gasteiger partial charge in [-0.15, -0.1) is 0 Å². The lowest BCUT2D eigenvalue weighted by molar-refractivity contribution is 0.102. The molecule has 0 saturated heterocycles. The zero-order chi connectivity index (χ0) is 15.5. The fourth-order valence-corrected chi connectivity index (χ4v) is 2.16. The number of amides is 1. The van der Waals surface area contributed by atoms with Gasteiger partial charge in [-0.25, -0.2) is 9.67 Å². The van der Waals surface area contributed by atoms with Gasteiger partial charge in [0.2, 0.25) is 0 Å². The van der Waals surface area contributed by atoms with Gasteiger partial charge in [-0.1, -0.05) is 0 Å². The SMILES string of the molecule is Cc1cc(C)nc(NC(=O)c2cnn(-c3cccnc3)c2)c1. The summed E-state index contributed by atoms with van der Waals surface area (Å²) >= 11 is 0. The normalized spacial score (nSPS) is 10.5. The average Bonchev–Trinajstić information content (AvgIpc) is 2.97. The Bertz CT molecular complexity index is 790. The van der Waals surface area contributed by atoms with Crippen molar-refractivity contribution < 1.29 is 4.79 Å². The quantitative estimate of drug-likeness (QED) is 0.805. The van der Waals surface area contributed by atoms with Gasteiger partial charge in [0.05, 0.1) is 23.6 Å². The molecule has 110 valence electrons. The highest BCUT2D eigenvalue weighted by atomic mass is 16.1. The summed E-state index contributed by atoms with van der Waals surface area (Å²) in [5.74, 6) is 0.296. The molecule has 0 aliphatic carbocycles. The Morgan fingerprint density at radius 1 is 1.23 bits per heavy atom. The molecule has 0 spiro atoms. The maximum absolute atomic E-state index is 12.3. The molecule has 1 amide bonds. The molecule has 3 aromatic heterocycles. The Balaban J connectivity index is 1.80. The van der Waals surface area contributed by atoms with Crippen LogP contribution in [0.2, 0.25) is 0 Å². The number of aromatic nitrogens is 4. The van der Waals surface area contributed by atoms with E-state index in [1.807, 2.05) is 38.1 Å². The minimum Gasteiger partial charge on any atom is -0.306 e. The van der Waals surface area contributed by atoms with Crippen molar-refractivity contribution in [2.75, 3.05) is 5.32 Å². The van der Waals surface area contributed by atoms with Gasteiger partial charge in [-0.2, -0.15) is 5.10 Å². The third kappa shape index (κ3) is 3.01. The van der Waals surface area contributed by atoms with Crippen LogP contribution < -0.4 is 5.32 Å². The number of carbonyl (C=O) groups is 1. The van der Waals surface area contributed by atoms with E-state index in [0.717, 1.165) is 16.9 Å². The molecular formula is C16H15N5O. The van der Waals surface area contributed by atoms with E-state index in [0.29, 0.717) is 11.4 Å². The number of pyridine rings is 2. The van der Waals surface area contributed by atoms with E-state index in [2.05, 4.69) is 20.4 Å². The van der Waals surface area contributed by atoms with Crippen LogP contribution in [-0.4, -0.2) is 25.7 Å². The van der Waals surface area contributed by atoms with Crippen LogP contribution in [-0.2, 0) is 0 Å². The topological polar surface area (TPSA) is 72.7 Å². The number of hydrogen-bond acceptors (Lipinski definition) is 4. The van der Waals surface area contributed by atoms with E-state index < -0.39 is 0 Å². The summed E-state index contributed by atoms with van der Waals surface area (Å²) in [5.41, 5.74) is 3.17. The standard InChI is InChI=1S/C16H15N5O/c1-11-6-12(2)19-15(7-11)20-16(22)13-8-18-21(10-13)14-4-3-5-17-9-14/h3-10H,1-2H3,(H,19,20,22). The van der Waals surface area contributed by atoms with Crippen LogP contribution in [0.3, 0.4) is 0 Å². The van der Waals surface area contributed by atoms with E-state index in [1.165, 1.54) is 6.20 Å². The van der Waals surface area contributed by atoms with Crippen LogP contribution in [0.1, 0.15) is 21.6 Å². The third-order valence-electron chi connectivity index (χ3n) is 3.09. The van der Waals surface area contributed by atoms with Crippen LogP contribution >= 0.6 is 0 Å². The Morgan fingerprint density at radius 3 is 2.82 bits per heavy atom. The highest BCUT2D eigenvalue weighted by Gasteiger charge is 2.11. The number of nitrogens with one attached hydrogen (secondary N) is 1. The molecule has 1 N–H and O–H groups in total. The molecule has 0 radical (unpaired) electrons. The second-order valence-corrected chi connectivity index (χ2v) is 5.01. The lowest BCUT2D eigenvalue weighted by Crippen LogP contribution is -2.12. The first kappa shape index (κ1) is 13.9. The van der Waals surface area contributed by atoms with Crippen molar-refractivity contribution in [2.24, 2.45) is 0 Å². The second-order valence-electron chi connectivity index (χ2n) is 5.01.